The second-order valence-corrected chi connectivity index (χ2v) is 10.5. The molecule has 0 radical (unpaired) electrons. The van der Waals surface area contributed by atoms with Gasteiger partial charge in [-0.3, -0.25) is 0 Å². The summed E-state index contributed by atoms with van der Waals surface area (Å²) in [6.07, 6.45) is 13.1. The highest BCUT2D eigenvalue weighted by Gasteiger charge is 2.15. The molecule has 0 aliphatic carbocycles. The summed E-state index contributed by atoms with van der Waals surface area (Å²) in [4.78, 5) is 0. The number of hydrogen-bond acceptors (Lipinski definition) is 0. The van der Waals surface area contributed by atoms with Gasteiger partial charge in [-0.05, 0) is 12.8 Å². The van der Waals surface area contributed by atoms with E-state index in [-0.39, 0.29) is 24.0 Å². The van der Waals surface area contributed by atoms with Gasteiger partial charge in [0.2, 0.25) is 0 Å². The van der Waals surface area contributed by atoms with Crippen molar-refractivity contribution in [1.82, 2.24) is 0 Å². The highest BCUT2D eigenvalue weighted by molar-refractivity contribution is 7.73. The molecular weight excluding hydrogens is 314 g/mol. The zero-order valence-corrected chi connectivity index (χ0v) is 14.2. The Morgan fingerprint density at radius 2 is 1.07 bits per heavy atom. The fourth-order valence-electron chi connectivity index (χ4n) is 1.72. The maximum atomic E-state index is 2.45. The lowest BCUT2D eigenvalue weighted by Gasteiger charge is -2.10. The summed E-state index contributed by atoms with van der Waals surface area (Å²) in [6.45, 7) is 9.64. The molecule has 0 unspecified atom stereocenters. The summed E-state index contributed by atoms with van der Waals surface area (Å²) >= 11 is 0. The molecule has 0 rings (SSSR count). The first-order valence-electron chi connectivity index (χ1n) is 6.36. The minimum absolute atomic E-state index is 0. The van der Waals surface area contributed by atoms with Crippen molar-refractivity contribution in [2.45, 2.75) is 58.3 Å². The monoisotopic (exact) mass is 344 g/mol. The second kappa shape index (κ2) is 11.6. The minimum Gasteiger partial charge on any atom is -1.00 e. The van der Waals surface area contributed by atoms with Gasteiger partial charge in [-0.15, -0.1) is 0 Å². The summed E-state index contributed by atoms with van der Waals surface area (Å²) in [5.74, 6) is 0. The largest absolute Gasteiger partial charge is 1.00 e. The van der Waals surface area contributed by atoms with Crippen LogP contribution in [0.25, 0.3) is 0 Å². The lowest BCUT2D eigenvalue weighted by atomic mass is 10.1. The van der Waals surface area contributed by atoms with E-state index in [9.17, 15) is 0 Å². The van der Waals surface area contributed by atoms with Crippen molar-refractivity contribution in [2.24, 2.45) is 0 Å². The summed E-state index contributed by atoms with van der Waals surface area (Å²) in [5, 5.41) is 0. The van der Waals surface area contributed by atoms with Crippen LogP contribution in [0.15, 0.2) is 0 Å². The number of unbranched alkanes of at least 4 members (excludes halogenated alkanes) is 7. The summed E-state index contributed by atoms with van der Waals surface area (Å²) < 4.78 is 0. The molecule has 2 heteroatoms. The first-order valence-corrected chi connectivity index (χ1v) is 9.68. The van der Waals surface area contributed by atoms with Gasteiger partial charge < -0.3 is 24.0 Å². The van der Waals surface area contributed by atoms with Crippen LogP contribution >= 0.6 is 7.26 Å². The highest BCUT2D eigenvalue weighted by atomic mass is 127. The van der Waals surface area contributed by atoms with Gasteiger partial charge in [0.15, 0.2) is 0 Å². The molecule has 0 saturated carbocycles. The Morgan fingerprint density at radius 3 is 1.47 bits per heavy atom. The van der Waals surface area contributed by atoms with Crippen molar-refractivity contribution in [3.8, 4) is 0 Å². The average Bonchev–Trinajstić information content (AvgIpc) is 2.08. The van der Waals surface area contributed by atoms with E-state index in [1.807, 2.05) is 0 Å². The van der Waals surface area contributed by atoms with Gasteiger partial charge in [0.1, 0.15) is 0 Å². The fraction of sp³-hybridized carbons (Fsp3) is 1.00. The quantitative estimate of drug-likeness (QED) is 0.341. The Labute approximate surface area is 115 Å². The van der Waals surface area contributed by atoms with Gasteiger partial charge in [0.25, 0.3) is 0 Å². The zero-order chi connectivity index (χ0) is 10.9. The molecule has 0 aromatic carbocycles. The highest BCUT2D eigenvalue weighted by Crippen LogP contribution is 2.47. The van der Waals surface area contributed by atoms with Crippen LogP contribution in [-0.4, -0.2) is 26.2 Å². The van der Waals surface area contributed by atoms with Crippen molar-refractivity contribution >= 4 is 7.26 Å². The van der Waals surface area contributed by atoms with Crippen LogP contribution in [0.1, 0.15) is 58.3 Å². The minimum atomic E-state index is -0.482. The molecule has 0 fully saturated rings. The molecule has 0 spiro atoms. The Balaban J connectivity index is 0. The van der Waals surface area contributed by atoms with Crippen LogP contribution in [0, 0.1) is 0 Å². The molecule has 15 heavy (non-hydrogen) atoms. The molecule has 94 valence electrons. The van der Waals surface area contributed by atoms with Gasteiger partial charge in [0.05, 0.1) is 6.16 Å². The summed E-state index contributed by atoms with van der Waals surface area (Å²) in [5.41, 5.74) is 0. The maximum absolute atomic E-state index is 2.45. The van der Waals surface area contributed by atoms with E-state index in [1.165, 1.54) is 57.5 Å². The number of halogens is 1. The van der Waals surface area contributed by atoms with Gasteiger partial charge >= 0.3 is 0 Å². The van der Waals surface area contributed by atoms with E-state index in [4.69, 9.17) is 0 Å². The van der Waals surface area contributed by atoms with Crippen LogP contribution < -0.4 is 24.0 Å². The summed E-state index contributed by atoms with van der Waals surface area (Å²) in [6, 6.07) is 0. The van der Waals surface area contributed by atoms with Crippen molar-refractivity contribution in [2.75, 3.05) is 26.2 Å². The molecule has 0 aromatic heterocycles. The third-order valence-electron chi connectivity index (χ3n) is 2.68. The normalized spacial score (nSPS) is 11.2. The van der Waals surface area contributed by atoms with Gasteiger partial charge in [-0.1, -0.05) is 45.4 Å². The Bertz CT molecular complexity index is 118. The van der Waals surface area contributed by atoms with Crippen molar-refractivity contribution in [3.05, 3.63) is 0 Å². The lowest BCUT2D eigenvalue weighted by molar-refractivity contribution is -0.00000345. The SMILES string of the molecule is CCCCCCCCCC[P+](C)(C)C.[I-]. The van der Waals surface area contributed by atoms with Crippen LogP contribution in [0.5, 0.6) is 0 Å². The first-order chi connectivity index (χ1) is 6.56. The molecule has 0 N–H and O–H groups in total. The average molecular weight is 344 g/mol. The smallest absolute Gasteiger partial charge is 0.0586 e. The molecule has 0 atom stereocenters. The molecular formula is C13H30IP. The predicted octanol–water partition coefficient (Wildman–Crippen LogP) is 2.04. The molecule has 0 saturated heterocycles. The Morgan fingerprint density at radius 1 is 0.667 bits per heavy atom. The molecule has 0 amide bonds. The van der Waals surface area contributed by atoms with Crippen LogP contribution in [0.4, 0.5) is 0 Å². The third kappa shape index (κ3) is 17.8. The second-order valence-electron chi connectivity index (χ2n) is 5.49. The molecule has 0 aliphatic rings. The first kappa shape index (κ1) is 18.5. The van der Waals surface area contributed by atoms with Gasteiger partial charge in [-0.2, -0.15) is 0 Å². The lowest BCUT2D eigenvalue weighted by Crippen LogP contribution is -3.00. The van der Waals surface area contributed by atoms with Crippen molar-refractivity contribution < 1.29 is 24.0 Å². The maximum Gasteiger partial charge on any atom is 0.0586 e. The van der Waals surface area contributed by atoms with Gasteiger partial charge in [0, 0.05) is 27.3 Å². The Hall–Kier alpha value is 1.16. The number of hydrogen-bond donors (Lipinski definition) is 0. The summed E-state index contributed by atoms with van der Waals surface area (Å²) in [7, 11) is -0.482. The van der Waals surface area contributed by atoms with Crippen LogP contribution in [0.3, 0.4) is 0 Å². The molecule has 0 heterocycles. The van der Waals surface area contributed by atoms with Crippen LogP contribution in [-0.2, 0) is 0 Å². The topological polar surface area (TPSA) is 0 Å². The Kier molecular flexibility index (Phi) is 14.4. The number of rotatable bonds is 9. The van der Waals surface area contributed by atoms with E-state index in [0.717, 1.165) is 0 Å². The van der Waals surface area contributed by atoms with E-state index in [1.54, 1.807) is 0 Å². The fourth-order valence-corrected chi connectivity index (χ4v) is 2.89. The third-order valence-corrected chi connectivity index (χ3v) is 4.34. The van der Waals surface area contributed by atoms with Crippen molar-refractivity contribution in [1.29, 1.82) is 0 Å². The van der Waals surface area contributed by atoms with E-state index < -0.39 is 7.26 Å². The van der Waals surface area contributed by atoms with Crippen molar-refractivity contribution in [3.63, 3.8) is 0 Å². The van der Waals surface area contributed by atoms with Crippen LogP contribution in [0.2, 0.25) is 0 Å². The molecule has 0 bridgehead atoms. The molecule has 0 aliphatic heterocycles. The van der Waals surface area contributed by atoms with Gasteiger partial charge in [-0.25, -0.2) is 0 Å². The zero-order valence-electron chi connectivity index (χ0n) is 11.2. The standard InChI is InChI=1S/C13H30P.HI/c1-5-6-7-8-9-10-11-12-13-14(2,3)4;/h5-13H2,1-4H3;1H/q+1;/p-1. The van der Waals surface area contributed by atoms with E-state index in [2.05, 4.69) is 26.9 Å². The molecule has 0 aromatic rings. The van der Waals surface area contributed by atoms with E-state index >= 15 is 0 Å². The molecule has 0 nitrogen and oxygen atoms in total. The van der Waals surface area contributed by atoms with E-state index in [0.29, 0.717) is 0 Å². The predicted molar refractivity (Wildman–Crippen MR) is 72.2 cm³/mol.